The second kappa shape index (κ2) is 6.61. The zero-order valence-electron chi connectivity index (χ0n) is 13.6. The van der Waals surface area contributed by atoms with Gasteiger partial charge in [-0.1, -0.05) is 55.5 Å². The summed E-state index contributed by atoms with van der Waals surface area (Å²) in [6, 6.07) is 6.03. The molecule has 6 nitrogen and oxygen atoms in total. The number of likely N-dealkylation sites (N-methyl/N-ethyl adjacent to an activating group) is 1. The summed E-state index contributed by atoms with van der Waals surface area (Å²) >= 11 is 6.19. The molecule has 1 aromatic rings. The molecule has 0 unspecified atom stereocenters. The minimum Gasteiger partial charge on any atom is -0.548 e. The maximum atomic E-state index is 12.9. The summed E-state index contributed by atoms with van der Waals surface area (Å²) in [5.41, 5.74) is 1.63. The average molecular weight is 375 g/mol. The molecular weight excluding hydrogens is 360 g/mol. The number of aliphatic carboxylic acids is 1. The van der Waals surface area contributed by atoms with Crippen molar-refractivity contribution in [2.45, 2.75) is 25.8 Å². The van der Waals surface area contributed by atoms with E-state index in [1.54, 1.807) is 25.2 Å². The predicted octanol–water partition coefficient (Wildman–Crippen LogP) is 1.15. The lowest BCUT2D eigenvalue weighted by molar-refractivity contribution is -0.310. The Bertz CT molecular complexity index is 834. The number of hydrogen-bond acceptors (Lipinski definition) is 6. The summed E-state index contributed by atoms with van der Waals surface area (Å²) < 4.78 is 0.134. The Kier molecular flexibility index (Phi) is 4.66. The maximum Gasteiger partial charge on any atom is 0.267 e. The first-order valence-electron chi connectivity index (χ1n) is 7.76. The second-order valence-electron chi connectivity index (χ2n) is 5.75. The quantitative estimate of drug-likeness (QED) is 0.580. The van der Waals surface area contributed by atoms with Gasteiger partial charge in [0.2, 0.25) is 0 Å². The van der Waals surface area contributed by atoms with Crippen LogP contribution in [0, 0.1) is 0 Å². The minimum absolute atomic E-state index is 0.134. The van der Waals surface area contributed by atoms with Crippen LogP contribution in [-0.2, 0) is 14.4 Å². The van der Waals surface area contributed by atoms with Crippen molar-refractivity contribution in [3.63, 3.8) is 0 Å². The molecule has 0 N–H and O–H groups in total. The van der Waals surface area contributed by atoms with Gasteiger partial charge in [0.1, 0.15) is 4.32 Å². The minimum atomic E-state index is -1.35. The molecule has 8 heteroatoms. The molecule has 0 spiro atoms. The Morgan fingerprint density at radius 3 is 2.60 bits per heavy atom. The molecule has 1 saturated heterocycles. The highest BCUT2D eigenvalue weighted by Gasteiger charge is 2.43. The van der Waals surface area contributed by atoms with Crippen molar-refractivity contribution < 1.29 is 19.5 Å². The zero-order valence-corrected chi connectivity index (χ0v) is 15.3. The van der Waals surface area contributed by atoms with E-state index < -0.39 is 17.9 Å². The van der Waals surface area contributed by atoms with E-state index >= 15 is 0 Å². The molecule has 1 fully saturated rings. The van der Waals surface area contributed by atoms with Gasteiger partial charge in [-0.2, -0.15) is 0 Å². The summed E-state index contributed by atoms with van der Waals surface area (Å²) in [6.45, 7) is 1.82. The summed E-state index contributed by atoms with van der Waals surface area (Å²) in [4.78, 5) is 39.7. The maximum absolute atomic E-state index is 12.9. The molecule has 2 heterocycles. The lowest BCUT2D eigenvalue weighted by atomic mass is 10.1. The van der Waals surface area contributed by atoms with Crippen molar-refractivity contribution in [2.24, 2.45) is 0 Å². The van der Waals surface area contributed by atoms with Gasteiger partial charge >= 0.3 is 0 Å². The molecule has 1 atom stereocenters. The van der Waals surface area contributed by atoms with E-state index in [4.69, 9.17) is 12.2 Å². The lowest BCUT2D eigenvalue weighted by Crippen LogP contribution is -2.49. The van der Waals surface area contributed by atoms with E-state index in [0.717, 1.165) is 16.7 Å². The monoisotopic (exact) mass is 375 g/mol. The van der Waals surface area contributed by atoms with Crippen molar-refractivity contribution in [3.8, 4) is 0 Å². The van der Waals surface area contributed by atoms with Gasteiger partial charge in [0.05, 0.1) is 28.2 Å². The molecule has 1 aromatic carbocycles. The van der Waals surface area contributed by atoms with Crippen molar-refractivity contribution in [3.05, 3.63) is 34.7 Å². The SMILES string of the molecule is CCC[C@@H](C(=O)[O-])N1C(=O)/C(=C2\C(=O)N(C)c3ccccc32)SC1=S. The summed E-state index contributed by atoms with van der Waals surface area (Å²) in [5.74, 6) is -2.20. The fourth-order valence-corrected chi connectivity index (χ4v) is 4.44. The fourth-order valence-electron chi connectivity index (χ4n) is 3.01. The van der Waals surface area contributed by atoms with Crippen molar-refractivity contribution in [2.75, 3.05) is 11.9 Å². The Morgan fingerprint density at radius 1 is 1.28 bits per heavy atom. The number of carboxylic acid groups (broad SMARTS) is 1. The van der Waals surface area contributed by atoms with Crippen LogP contribution in [0.25, 0.3) is 5.57 Å². The Morgan fingerprint density at radius 2 is 1.96 bits per heavy atom. The summed E-state index contributed by atoms with van der Waals surface area (Å²) in [6.07, 6.45) is 0.800. The van der Waals surface area contributed by atoms with Crippen LogP contribution in [0.3, 0.4) is 0 Å². The first kappa shape index (κ1) is 17.6. The lowest BCUT2D eigenvalue weighted by Gasteiger charge is -2.27. The zero-order chi connectivity index (χ0) is 18.3. The highest BCUT2D eigenvalue weighted by molar-refractivity contribution is 8.26. The number of carbonyl (C=O) groups excluding carboxylic acids is 3. The van der Waals surface area contributed by atoms with Crippen molar-refractivity contribution in [1.82, 2.24) is 4.90 Å². The third kappa shape index (κ3) is 2.75. The van der Waals surface area contributed by atoms with Gasteiger partial charge in [0.25, 0.3) is 11.8 Å². The van der Waals surface area contributed by atoms with Gasteiger partial charge in [0, 0.05) is 12.6 Å². The number of fused-ring (bicyclic) bond motifs is 1. The van der Waals surface area contributed by atoms with Gasteiger partial charge in [-0.25, -0.2) is 0 Å². The van der Waals surface area contributed by atoms with Gasteiger partial charge < -0.3 is 14.8 Å². The van der Waals surface area contributed by atoms with Crippen LogP contribution in [-0.4, -0.2) is 40.1 Å². The summed E-state index contributed by atoms with van der Waals surface area (Å²) in [7, 11) is 1.63. The van der Waals surface area contributed by atoms with Crippen LogP contribution >= 0.6 is 24.0 Å². The first-order valence-corrected chi connectivity index (χ1v) is 8.98. The molecule has 0 aromatic heterocycles. The standard InChI is InChI=1S/C17H16N2O4S2/c1-3-6-11(16(22)23)19-15(21)13(25-17(19)24)12-9-7-4-5-8-10(9)18(2)14(12)20/h4-5,7-8,11H,3,6H2,1-2H3,(H,22,23)/p-1/b13-12+/t11-/m0/s1. The van der Waals surface area contributed by atoms with Crippen LogP contribution < -0.4 is 10.0 Å². The largest absolute Gasteiger partial charge is 0.548 e. The van der Waals surface area contributed by atoms with Gasteiger partial charge in [-0.05, 0) is 12.5 Å². The highest BCUT2D eigenvalue weighted by Crippen LogP contribution is 2.44. The van der Waals surface area contributed by atoms with Crippen molar-refractivity contribution >= 4 is 57.3 Å². The average Bonchev–Trinajstić information content (AvgIpc) is 3.00. The number of thioether (sulfide) groups is 1. The van der Waals surface area contributed by atoms with Crippen molar-refractivity contribution in [1.29, 1.82) is 0 Å². The molecule has 2 aliphatic heterocycles. The number of carbonyl (C=O) groups is 3. The van der Waals surface area contributed by atoms with E-state index in [2.05, 4.69) is 0 Å². The topological polar surface area (TPSA) is 80.7 Å². The number of benzene rings is 1. The first-order chi connectivity index (χ1) is 11.9. The number of carboxylic acids is 1. The number of rotatable bonds is 4. The highest BCUT2D eigenvalue weighted by atomic mass is 32.2. The molecule has 0 bridgehead atoms. The molecular formula is C17H15N2O4S2-. The van der Waals surface area contributed by atoms with Crippen LogP contribution in [0.1, 0.15) is 25.3 Å². The molecule has 25 heavy (non-hydrogen) atoms. The number of para-hydroxylation sites is 1. The van der Waals surface area contributed by atoms with E-state index in [0.29, 0.717) is 17.7 Å². The number of amides is 2. The Hall–Kier alpha value is -2.19. The smallest absolute Gasteiger partial charge is 0.267 e. The third-order valence-corrected chi connectivity index (χ3v) is 5.63. The van der Waals surface area contributed by atoms with Gasteiger partial charge in [-0.15, -0.1) is 0 Å². The number of nitrogens with zero attached hydrogens (tertiary/aromatic N) is 2. The molecule has 130 valence electrons. The van der Waals surface area contributed by atoms with Crippen LogP contribution in [0.15, 0.2) is 29.2 Å². The second-order valence-corrected chi connectivity index (χ2v) is 7.40. The van der Waals surface area contributed by atoms with Gasteiger partial charge in [-0.3, -0.25) is 14.5 Å². The molecule has 2 aliphatic rings. The molecule has 3 rings (SSSR count). The number of hydrogen-bond donors (Lipinski definition) is 0. The van der Waals surface area contributed by atoms with E-state index in [9.17, 15) is 19.5 Å². The number of thiocarbonyl (C=S) groups is 1. The molecule has 0 saturated carbocycles. The van der Waals surface area contributed by atoms with Crippen LogP contribution in [0.2, 0.25) is 0 Å². The molecule has 2 amide bonds. The van der Waals surface area contributed by atoms with E-state index in [1.807, 2.05) is 13.0 Å². The van der Waals surface area contributed by atoms with Crippen LogP contribution in [0.5, 0.6) is 0 Å². The Balaban J connectivity index is 2.09. The van der Waals surface area contributed by atoms with Crippen LogP contribution in [0.4, 0.5) is 5.69 Å². The molecule has 0 radical (unpaired) electrons. The third-order valence-electron chi connectivity index (χ3n) is 4.23. The van der Waals surface area contributed by atoms with E-state index in [1.165, 1.54) is 4.90 Å². The predicted molar refractivity (Wildman–Crippen MR) is 97.5 cm³/mol. The molecule has 0 aliphatic carbocycles. The summed E-state index contributed by atoms with van der Waals surface area (Å²) in [5, 5.41) is 11.4. The fraction of sp³-hybridized carbons (Fsp3) is 0.294. The normalized spacial score (nSPS) is 21.1. The van der Waals surface area contributed by atoms with E-state index in [-0.39, 0.29) is 27.1 Å². The Labute approximate surface area is 154 Å². The number of anilines is 1. The van der Waals surface area contributed by atoms with Gasteiger partial charge in [0.15, 0.2) is 0 Å².